The summed E-state index contributed by atoms with van der Waals surface area (Å²) in [5.41, 5.74) is 8.21. The Labute approximate surface area is 105 Å². The van der Waals surface area contributed by atoms with Crippen molar-refractivity contribution >= 4 is 22.9 Å². The fourth-order valence-corrected chi connectivity index (χ4v) is 2.84. The van der Waals surface area contributed by atoms with Crippen LogP contribution in [0.4, 0.5) is 0 Å². The molecule has 2 N–H and O–H groups in total. The van der Waals surface area contributed by atoms with E-state index >= 15 is 0 Å². The topological polar surface area (TPSA) is 26.0 Å². The third-order valence-corrected chi connectivity index (χ3v) is 3.78. The van der Waals surface area contributed by atoms with Gasteiger partial charge in [-0.2, -0.15) is 0 Å². The molecular formula is C13H14ClNS. The maximum atomic E-state index is 6.09. The van der Waals surface area contributed by atoms with Gasteiger partial charge in [-0.3, -0.25) is 0 Å². The van der Waals surface area contributed by atoms with Gasteiger partial charge < -0.3 is 5.73 Å². The molecule has 0 aliphatic heterocycles. The molecule has 0 fully saturated rings. The first-order chi connectivity index (χ1) is 7.66. The highest BCUT2D eigenvalue weighted by atomic mass is 35.5. The monoisotopic (exact) mass is 251 g/mol. The molecule has 1 unspecified atom stereocenters. The van der Waals surface area contributed by atoms with Gasteiger partial charge in [-0.15, -0.1) is 11.3 Å². The van der Waals surface area contributed by atoms with Crippen molar-refractivity contribution in [2.24, 2.45) is 5.73 Å². The van der Waals surface area contributed by atoms with Crippen molar-refractivity contribution in [3.05, 3.63) is 46.3 Å². The van der Waals surface area contributed by atoms with Gasteiger partial charge in [-0.1, -0.05) is 35.9 Å². The molecule has 1 nitrogen and oxygen atoms in total. The maximum Gasteiger partial charge on any atom is 0.0592 e. The van der Waals surface area contributed by atoms with E-state index in [-0.39, 0.29) is 6.04 Å². The van der Waals surface area contributed by atoms with E-state index in [2.05, 4.69) is 24.3 Å². The molecule has 0 bridgehead atoms. The number of nitrogens with two attached hydrogens (primary N) is 1. The van der Waals surface area contributed by atoms with Gasteiger partial charge in [0.1, 0.15) is 0 Å². The SMILES string of the molecule is CC(N)Cc1ccc(-c2sccc2Cl)cc1. The van der Waals surface area contributed by atoms with Crippen molar-refractivity contribution in [2.75, 3.05) is 0 Å². The van der Waals surface area contributed by atoms with Crippen LogP contribution in [0.5, 0.6) is 0 Å². The third-order valence-electron chi connectivity index (χ3n) is 2.39. The summed E-state index contributed by atoms with van der Waals surface area (Å²) < 4.78 is 0. The molecule has 0 saturated heterocycles. The Kier molecular flexibility index (Phi) is 3.64. The van der Waals surface area contributed by atoms with E-state index in [4.69, 9.17) is 17.3 Å². The summed E-state index contributed by atoms with van der Waals surface area (Å²) in [5.74, 6) is 0. The number of benzene rings is 1. The fourth-order valence-electron chi connectivity index (χ4n) is 1.66. The van der Waals surface area contributed by atoms with Gasteiger partial charge in [0.2, 0.25) is 0 Å². The van der Waals surface area contributed by atoms with Gasteiger partial charge in [0, 0.05) is 6.04 Å². The highest BCUT2D eigenvalue weighted by Crippen LogP contribution is 2.33. The zero-order chi connectivity index (χ0) is 11.5. The van der Waals surface area contributed by atoms with Crippen molar-refractivity contribution in [1.29, 1.82) is 0 Å². The summed E-state index contributed by atoms with van der Waals surface area (Å²) in [4.78, 5) is 1.13. The minimum absolute atomic E-state index is 0.205. The lowest BCUT2D eigenvalue weighted by Gasteiger charge is -2.06. The number of halogens is 1. The Bertz CT molecular complexity index is 459. The standard InChI is InChI=1S/C13H14ClNS/c1-9(15)8-10-2-4-11(5-3-10)13-12(14)6-7-16-13/h2-7,9H,8,15H2,1H3. The molecule has 0 saturated carbocycles. The minimum atomic E-state index is 0.205. The summed E-state index contributed by atoms with van der Waals surface area (Å²) in [5, 5.41) is 2.83. The first-order valence-electron chi connectivity index (χ1n) is 5.24. The fraction of sp³-hybridized carbons (Fsp3) is 0.231. The number of hydrogen-bond donors (Lipinski definition) is 1. The van der Waals surface area contributed by atoms with Crippen LogP contribution in [0.1, 0.15) is 12.5 Å². The lowest BCUT2D eigenvalue weighted by Crippen LogP contribution is -2.17. The molecule has 3 heteroatoms. The van der Waals surface area contributed by atoms with Crippen LogP contribution in [0.15, 0.2) is 35.7 Å². The smallest absolute Gasteiger partial charge is 0.0592 e. The van der Waals surface area contributed by atoms with Crippen LogP contribution >= 0.6 is 22.9 Å². The average molecular weight is 252 g/mol. The van der Waals surface area contributed by atoms with Gasteiger partial charge in [0.15, 0.2) is 0 Å². The normalized spacial score (nSPS) is 12.7. The van der Waals surface area contributed by atoms with Gasteiger partial charge in [0.05, 0.1) is 9.90 Å². The van der Waals surface area contributed by atoms with Crippen molar-refractivity contribution in [3.8, 4) is 10.4 Å². The molecule has 0 spiro atoms. The van der Waals surface area contributed by atoms with E-state index in [0.29, 0.717) is 0 Å². The largest absolute Gasteiger partial charge is 0.328 e. The molecule has 16 heavy (non-hydrogen) atoms. The van der Waals surface area contributed by atoms with Crippen LogP contribution in [0.3, 0.4) is 0 Å². The molecule has 84 valence electrons. The van der Waals surface area contributed by atoms with Crippen molar-refractivity contribution in [2.45, 2.75) is 19.4 Å². The number of thiophene rings is 1. The van der Waals surface area contributed by atoms with E-state index in [9.17, 15) is 0 Å². The Morgan fingerprint density at radius 2 is 1.94 bits per heavy atom. The van der Waals surface area contributed by atoms with E-state index in [1.54, 1.807) is 11.3 Å². The predicted octanol–water partition coefficient (Wildman–Crippen LogP) is 3.96. The molecule has 1 atom stereocenters. The quantitative estimate of drug-likeness (QED) is 0.878. The first-order valence-corrected chi connectivity index (χ1v) is 6.50. The molecule has 2 rings (SSSR count). The van der Waals surface area contributed by atoms with Gasteiger partial charge in [-0.05, 0) is 35.9 Å². The number of hydrogen-bond acceptors (Lipinski definition) is 2. The van der Waals surface area contributed by atoms with E-state index in [1.165, 1.54) is 11.1 Å². The summed E-state index contributed by atoms with van der Waals surface area (Å²) in [7, 11) is 0. The molecular weight excluding hydrogens is 238 g/mol. The Morgan fingerprint density at radius 1 is 1.25 bits per heavy atom. The molecule has 0 aliphatic rings. The summed E-state index contributed by atoms with van der Waals surface area (Å²) >= 11 is 7.75. The molecule has 0 radical (unpaired) electrons. The Balaban J connectivity index is 2.23. The highest BCUT2D eigenvalue weighted by Gasteiger charge is 2.05. The maximum absolute atomic E-state index is 6.09. The van der Waals surface area contributed by atoms with Crippen LogP contribution in [-0.2, 0) is 6.42 Å². The second-order valence-corrected chi connectivity index (χ2v) is 5.30. The van der Waals surface area contributed by atoms with Crippen molar-refractivity contribution in [1.82, 2.24) is 0 Å². The lowest BCUT2D eigenvalue weighted by molar-refractivity contribution is 0.738. The molecule has 1 aromatic heterocycles. The Morgan fingerprint density at radius 3 is 2.44 bits per heavy atom. The molecule has 1 aromatic carbocycles. The van der Waals surface area contributed by atoms with Crippen LogP contribution in [0.2, 0.25) is 5.02 Å². The number of rotatable bonds is 3. The summed E-state index contributed by atoms with van der Waals surface area (Å²) in [6, 6.07) is 10.6. The summed E-state index contributed by atoms with van der Waals surface area (Å²) in [6.07, 6.45) is 0.915. The van der Waals surface area contributed by atoms with Crippen LogP contribution in [-0.4, -0.2) is 6.04 Å². The van der Waals surface area contributed by atoms with Crippen LogP contribution in [0, 0.1) is 0 Å². The molecule has 0 amide bonds. The van der Waals surface area contributed by atoms with Crippen molar-refractivity contribution < 1.29 is 0 Å². The average Bonchev–Trinajstić information content (AvgIpc) is 2.65. The molecule has 0 aliphatic carbocycles. The predicted molar refractivity (Wildman–Crippen MR) is 72.1 cm³/mol. The van der Waals surface area contributed by atoms with E-state index in [1.807, 2.05) is 18.4 Å². The van der Waals surface area contributed by atoms with Gasteiger partial charge >= 0.3 is 0 Å². The minimum Gasteiger partial charge on any atom is -0.328 e. The zero-order valence-electron chi connectivity index (χ0n) is 9.11. The lowest BCUT2D eigenvalue weighted by atomic mass is 10.1. The van der Waals surface area contributed by atoms with E-state index in [0.717, 1.165) is 16.3 Å². The second kappa shape index (κ2) is 5.00. The zero-order valence-corrected chi connectivity index (χ0v) is 10.7. The van der Waals surface area contributed by atoms with Crippen LogP contribution in [0.25, 0.3) is 10.4 Å². The van der Waals surface area contributed by atoms with Gasteiger partial charge in [0.25, 0.3) is 0 Å². The Hall–Kier alpha value is -0.830. The highest BCUT2D eigenvalue weighted by molar-refractivity contribution is 7.14. The van der Waals surface area contributed by atoms with E-state index < -0.39 is 0 Å². The first kappa shape index (κ1) is 11.6. The molecule has 2 aromatic rings. The van der Waals surface area contributed by atoms with Crippen LogP contribution < -0.4 is 5.73 Å². The molecule has 1 heterocycles. The summed E-state index contributed by atoms with van der Waals surface area (Å²) in [6.45, 7) is 2.02. The van der Waals surface area contributed by atoms with Crippen molar-refractivity contribution in [3.63, 3.8) is 0 Å². The third kappa shape index (κ3) is 2.64. The second-order valence-electron chi connectivity index (χ2n) is 3.98. The van der Waals surface area contributed by atoms with Gasteiger partial charge in [-0.25, -0.2) is 0 Å².